The molecule has 0 aliphatic carbocycles. The van der Waals surface area contributed by atoms with Crippen LogP contribution in [0.15, 0.2) is 33.9 Å². The van der Waals surface area contributed by atoms with Crippen LogP contribution in [0.2, 0.25) is 0 Å². The van der Waals surface area contributed by atoms with Crippen LogP contribution in [0, 0.1) is 6.92 Å². The lowest BCUT2D eigenvalue weighted by Crippen LogP contribution is -2.15. The summed E-state index contributed by atoms with van der Waals surface area (Å²) in [5.74, 6) is 0. The number of hydrogen-bond donors (Lipinski definition) is 1. The zero-order chi connectivity index (χ0) is 15.1. The summed E-state index contributed by atoms with van der Waals surface area (Å²) in [6, 6.07) is 0. The first-order chi connectivity index (χ1) is 9.67. The number of H-pyrrole nitrogens is 1. The Morgan fingerprint density at radius 2 is 2.20 bits per heavy atom. The Labute approximate surface area is 127 Å². The summed E-state index contributed by atoms with van der Waals surface area (Å²) in [6.07, 6.45) is 7.29. The third kappa shape index (κ3) is 3.52. The number of nitrogens with zero attached hydrogens (tertiary/aromatic N) is 2. The minimum absolute atomic E-state index is 0.168. The van der Waals surface area contributed by atoms with Gasteiger partial charge in [-0.1, -0.05) is 32.6 Å². The highest BCUT2D eigenvalue weighted by molar-refractivity contribution is 7.98. The van der Waals surface area contributed by atoms with Crippen molar-refractivity contribution < 1.29 is 0 Å². The second-order valence-electron chi connectivity index (χ2n) is 3.54. The highest BCUT2D eigenvalue weighted by Gasteiger charge is 2.13. The van der Waals surface area contributed by atoms with Crippen LogP contribution in [0.1, 0.15) is 25.2 Å². The molecule has 20 heavy (non-hydrogen) atoms. The third-order valence-electron chi connectivity index (χ3n) is 2.38. The zero-order valence-electron chi connectivity index (χ0n) is 12.1. The topological polar surface area (TPSA) is 50.7 Å². The minimum atomic E-state index is -0.168. The average molecular weight is 309 g/mol. The maximum atomic E-state index is 11.9. The molecule has 0 spiro atoms. The number of aromatic amines is 1. The Balaban J connectivity index is 0.000000956. The molecule has 6 heteroatoms. The van der Waals surface area contributed by atoms with E-state index in [0.717, 1.165) is 16.4 Å². The van der Waals surface area contributed by atoms with E-state index < -0.39 is 0 Å². The molecule has 0 aliphatic heterocycles. The number of allylic oxidation sites excluding steroid dienone is 2. The van der Waals surface area contributed by atoms with Gasteiger partial charge < -0.3 is 4.98 Å². The van der Waals surface area contributed by atoms with Crippen LogP contribution in [-0.2, 0) is 0 Å². The summed E-state index contributed by atoms with van der Waals surface area (Å²) in [5.41, 5.74) is 1.46. The predicted molar refractivity (Wildman–Crippen MR) is 89.2 cm³/mol. The maximum absolute atomic E-state index is 11.9. The van der Waals surface area contributed by atoms with E-state index in [1.165, 1.54) is 11.3 Å². The summed E-state index contributed by atoms with van der Waals surface area (Å²) in [6.45, 7) is 9.50. The van der Waals surface area contributed by atoms with E-state index in [2.05, 4.69) is 16.5 Å². The molecule has 108 valence electrons. The van der Waals surface area contributed by atoms with Gasteiger partial charge in [-0.2, -0.15) is 0 Å². The molecule has 2 heterocycles. The van der Waals surface area contributed by atoms with Crippen molar-refractivity contribution in [1.29, 1.82) is 0 Å². The smallest absolute Gasteiger partial charge is 0.309 e. The van der Waals surface area contributed by atoms with Crippen LogP contribution in [-0.4, -0.2) is 20.8 Å². The van der Waals surface area contributed by atoms with Gasteiger partial charge in [0.15, 0.2) is 5.13 Å². The fourth-order valence-corrected chi connectivity index (χ4v) is 3.01. The first-order valence-electron chi connectivity index (χ1n) is 6.28. The third-order valence-corrected chi connectivity index (χ3v) is 3.99. The molecule has 1 N–H and O–H groups in total. The maximum Gasteiger partial charge on any atom is 0.332 e. The van der Waals surface area contributed by atoms with E-state index in [-0.39, 0.29) is 5.69 Å². The molecule has 2 aromatic heterocycles. The van der Waals surface area contributed by atoms with Crippen molar-refractivity contribution in [1.82, 2.24) is 14.5 Å². The normalized spacial score (nSPS) is 10.4. The average Bonchev–Trinajstić information content (AvgIpc) is 3.03. The van der Waals surface area contributed by atoms with Crippen molar-refractivity contribution in [2.45, 2.75) is 25.8 Å². The van der Waals surface area contributed by atoms with Crippen LogP contribution >= 0.6 is 23.1 Å². The molecule has 0 aliphatic rings. The largest absolute Gasteiger partial charge is 0.332 e. The second kappa shape index (κ2) is 7.91. The van der Waals surface area contributed by atoms with Crippen LogP contribution < -0.4 is 5.69 Å². The second-order valence-corrected chi connectivity index (χ2v) is 5.21. The number of imidazole rings is 1. The number of thioether (sulfide) groups is 1. The van der Waals surface area contributed by atoms with E-state index in [0.29, 0.717) is 5.13 Å². The number of nitrogens with one attached hydrogen (secondary N) is 1. The highest BCUT2D eigenvalue weighted by atomic mass is 32.2. The van der Waals surface area contributed by atoms with E-state index >= 15 is 0 Å². The van der Waals surface area contributed by atoms with Crippen LogP contribution in [0.5, 0.6) is 0 Å². The molecule has 0 fully saturated rings. The van der Waals surface area contributed by atoms with Gasteiger partial charge in [0.05, 0.1) is 5.69 Å². The predicted octanol–water partition coefficient (Wildman–Crippen LogP) is 3.88. The zero-order valence-corrected chi connectivity index (χ0v) is 13.8. The minimum Gasteiger partial charge on any atom is -0.309 e. The van der Waals surface area contributed by atoms with Crippen molar-refractivity contribution in [3.05, 3.63) is 46.0 Å². The van der Waals surface area contributed by atoms with Gasteiger partial charge in [-0.05, 0) is 19.3 Å². The van der Waals surface area contributed by atoms with Gasteiger partial charge in [0.1, 0.15) is 5.03 Å². The number of aryl methyl sites for hydroxylation is 1. The van der Waals surface area contributed by atoms with Crippen molar-refractivity contribution in [2.24, 2.45) is 0 Å². The lowest BCUT2D eigenvalue weighted by atomic mass is 10.3. The van der Waals surface area contributed by atoms with E-state index in [9.17, 15) is 4.79 Å². The van der Waals surface area contributed by atoms with Gasteiger partial charge in [0, 0.05) is 11.1 Å². The number of thiazole rings is 1. The molecule has 2 rings (SSSR count). The van der Waals surface area contributed by atoms with Gasteiger partial charge in [0.25, 0.3) is 0 Å². The molecule has 0 unspecified atom stereocenters. The van der Waals surface area contributed by atoms with Gasteiger partial charge >= 0.3 is 5.69 Å². The van der Waals surface area contributed by atoms with Crippen molar-refractivity contribution in [2.75, 3.05) is 6.26 Å². The number of rotatable bonds is 4. The van der Waals surface area contributed by atoms with E-state index in [4.69, 9.17) is 0 Å². The molecular weight excluding hydrogens is 290 g/mol. The first-order valence-corrected chi connectivity index (χ1v) is 8.38. The molecule has 4 nitrogen and oxygen atoms in total. The highest BCUT2D eigenvalue weighted by Crippen LogP contribution is 2.22. The number of hydrogen-bond acceptors (Lipinski definition) is 4. The Hall–Kier alpha value is -1.53. The summed E-state index contributed by atoms with van der Waals surface area (Å²) in [5, 5.41) is 3.53. The fourth-order valence-electron chi connectivity index (χ4n) is 1.55. The fraction of sp³-hybridized carbons (Fsp3) is 0.286. The monoisotopic (exact) mass is 309 g/mol. The summed E-state index contributed by atoms with van der Waals surface area (Å²) in [7, 11) is 0. The number of aromatic nitrogens is 3. The Morgan fingerprint density at radius 3 is 2.75 bits per heavy atom. The van der Waals surface area contributed by atoms with E-state index in [1.54, 1.807) is 28.5 Å². The molecule has 0 saturated carbocycles. The molecule has 0 atom stereocenters. The van der Waals surface area contributed by atoms with Crippen LogP contribution in [0.3, 0.4) is 0 Å². The van der Waals surface area contributed by atoms with Crippen molar-refractivity contribution in [3.8, 4) is 5.13 Å². The van der Waals surface area contributed by atoms with Gasteiger partial charge in [-0.15, -0.1) is 23.1 Å². The lowest BCUT2D eigenvalue weighted by molar-refractivity contribution is 0.942. The lowest BCUT2D eigenvalue weighted by Gasteiger charge is -1.99. The quantitative estimate of drug-likeness (QED) is 0.689. The first kappa shape index (κ1) is 16.5. The Morgan fingerprint density at radius 1 is 1.50 bits per heavy atom. The summed E-state index contributed by atoms with van der Waals surface area (Å²) >= 11 is 3.01. The molecule has 0 bridgehead atoms. The molecule has 0 radical (unpaired) electrons. The van der Waals surface area contributed by atoms with Gasteiger partial charge in [-0.25, -0.2) is 14.3 Å². The van der Waals surface area contributed by atoms with Crippen LogP contribution in [0.4, 0.5) is 0 Å². The molecule has 0 aromatic carbocycles. The molecule has 0 amide bonds. The summed E-state index contributed by atoms with van der Waals surface area (Å²) in [4.78, 5) is 19.1. The SMILES string of the molecule is C=C/C=C\c1c(C)[nH]c(=O)n1-c1nc(SC)cs1.CC. The molecular formula is C14H19N3OS2. The molecule has 2 aromatic rings. The standard InChI is InChI=1S/C12H13N3OS2.C2H6/c1-4-5-6-9-8(2)13-11(16)15(9)12-14-10(17-3)7-18-12;1-2/h4-7H,1H2,2-3H3,(H,13,16);1-2H3/b6-5-;. The van der Waals surface area contributed by atoms with Crippen molar-refractivity contribution >= 4 is 29.2 Å². The summed E-state index contributed by atoms with van der Waals surface area (Å²) < 4.78 is 1.58. The van der Waals surface area contributed by atoms with Crippen LogP contribution in [0.25, 0.3) is 11.2 Å². The Bertz CT molecular complexity index is 650. The van der Waals surface area contributed by atoms with Crippen molar-refractivity contribution in [3.63, 3.8) is 0 Å². The molecule has 0 saturated heterocycles. The van der Waals surface area contributed by atoms with Gasteiger partial charge in [-0.3, -0.25) is 0 Å². The van der Waals surface area contributed by atoms with E-state index in [1.807, 2.05) is 38.5 Å². The Kier molecular flexibility index (Phi) is 6.54. The van der Waals surface area contributed by atoms with Gasteiger partial charge in [0.2, 0.25) is 0 Å².